The first kappa shape index (κ1) is 13.9. The highest BCUT2D eigenvalue weighted by Crippen LogP contribution is 2.28. The topological polar surface area (TPSA) is 77.1 Å². The molecule has 22 heavy (non-hydrogen) atoms. The molecule has 0 spiro atoms. The fraction of sp³-hybridized carbons (Fsp3) is 0.0714. The first-order valence-electron chi connectivity index (χ1n) is 6.13. The Kier molecular flexibility index (Phi) is 3.42. The summed E-state index contributed by atoms with van der Waals surface area (Å²) >= 11 is 0. The van der Waals surface area contributed by atoms with E-state index in [2.05, 4.69) is 19.7 Å². The highest BCUT2D eigenvalue weighted by molar-refractivity contribution is 5.76. The van der Waals surface area contributed by atoms with Gasteiger partial charge in [0.05, 0.1) is 24.2 Å². The maximum absolute atomic E-state index is 13.6. The third-order valence-corrected chi connectivity index (χ3v) is 2.88. The molecule has 8 heteroatoms. The highest BCUT2D eigenvalue weighted by Gasteiger charge is 2.14. The van der Waals surface area contributed by atoms with Gasteiger partial charge in [0.25, 0.3) is 5.56 Å². The third-order valence-electron chi connectivity index (χ3n) is 2.88. The van der Waals surface area contributed by atoms with Gasteiger partial charge < -0.3 is 9.47 Å². The molecule has 1 aromatic carbocycles. The van der Waals surface area contributed by atoms with Crippen molar-refractivity contribution < 1.29 is 18.3 Å². The van der Waals surface area contributed by atoms with Crippen LogP contribution in [0.1, 0.15) is 0 Å². The number of pyridine rings is 1. The fourth-order valence-corrected chi connectivity index (χ4v) is 1.92. The van der Waals surface area contributed by atoms with E-state index >= 15 is 0 Å². The molecular weight excluding hydrogens is 296 g/mol. The average Bonchev–Trinajstić information content (AvgIpc) is 2.47. The van der Waals surface area contributed by atoms with Gasteiger partial charge in [0, 0.05) is 18.3 Å². The Balaban J connectivity index is 2.02. The molecule has 0 bridgehead atoms. The number of benzene rings is 1. The molecule has 0 aliphatic carbocycles. The molecule has 0 radical (unpaired) electrons. The van der Waals surface area contributed by atoms with Crippen molar-refractivity contribution >= 4 is 10.9 Å². The van der Waals surface area contributed by atoms with E-state index in [4.69, 9.17) is 4.74 Å². The minimum Gasteiger partial charge on any atom is -0.491 e. The zero-order valence-electron chi connectivity index (χ0n) is 11.3. The van der Waals surface area contributed by atoms with E-state index in [-0.39, 0.29) is 11.8 Å². The van der Waals surface area contributed by atoms with Gasteiger partial charge >= 0.3 is 6.01 Å². The zero-order chi connectivity index (χ0) is 15.7. The van der Waals surface area contributed by atoms with Crippen LogP contribution in [0.15, 0.2) is 35.4 Å². The maximum atomic E-state index is 13.6. The highest BCUT2D eigenvalue weighted by atomic mass is 19.1. The van der Waals surface area contributed by atoms with Crippen molar-refractivity contribution in [1.82, 2.24) is 15.0 Å². The van der Waals surface area contributed by atoms with Crippen molar-refractivity contribution in [2.24, 2.45) is 0 Å². The van der Waals surface area contributed by atoms with Crippen LogP contribution in [0.25, 0.3) is 10.9 Å². The number of ether oxygens (including phenoxy) is 2. The molecule has 0 unspecified atom stereocenters. The maximum Gasteiger partial charge on any atom is 0.302 e. The van der Waals surface area contributed by atoms with Crippen molar-refractivity contribution in [2.75, 3.05) is 7.11 Å². The number of aromatic nitrogens is 3. The lowest BCUT2D eigenvalue weighted by Crippen LogP contribution is -2.09. The van der Waals surface area contributed by atoms with Gasteiger partial charge in [-0.2, -0.15) is 4.98 Å². The molecule has 0 fully saturated rings. The predicted molar refractivity (Wildman–Crippen MR) is 73.1 cm³/mol. The zero-order valence-corrected chi connectivity index (χ0v) is 11.3. The Labute approximate surface area is 122 Å². The Morgan fingerprint density at radius 2 is 1.95 bits per heavy atom. The second-order valence-corrected chi connectivity index (χ2v) is 4.29. The summed E-state index contributed by atoms with van der Waals surface area (Å²) in [7, 11) is 1.15. The first-order valence-corrected chi connectivity index (χ1v) is 6.13. The number of H-pyrrole nitrogens is 1. The molecule has 112 valence electrons. The monoisotopic (exact) mass is 305 g/mol. The molecule has 3 rings (SSSR count). The van der Waals surface area contributed by atoms with Crippen LogP contribution in [-0.2, 0) is 0 Å². The Morgan fingerprint density at radius 3 is 2.64 bits per heavy atom. The van der Waals surface area contributed by atoms with Gasteiger partial charge in [-0.15, -0.1) is 0 Å². The number of methoxy groups -OCH3 is 1. The molecule has 0 amide bonds. The van der Waals surface area contributed by atoms with Crippen molar-refractivity contribution in [1.29, 1.82) is 0 Å². The smallest absolute Gasteiger partial charge is 0.302 e. The van der Waals surface area contributed by atoms with Gasteiger partial charge in [-0.1, -0.05) is 0 Å². The summed E-state index contributed by atoms with van der Waals surface area (Å²) in [6.45, 7) is 0. The standard InChI is InChI=1S/C14H9F2N3O3/c1-21-12-9(15)4-7(5-10(12)16)22-14-18-11-6-17-3-2-8(11)13(20)19-14/h2-6H,1H3,(H,18,19,20). The second-order valence-electron chi connectivity index (χ2n) is 4.29. The Hall–Kier alpha value is -3.03. The molecule has 2 heterocycles. The lowest BCUT2D eigenvalue weighted by molar-refractivity contribution is 0.354. The van der Waals surface area contributed by atoms with Gasteiger partial charge in [-0.3, -0.25) is 14.8 Å². The van der Waals surface area contributed by atoms with Crippen LogP contribution in [0.4, 0.5) is 8.78 Å². The summed E-state index contributed by atoms with van der Waals surface area (Å²) in [4.78, 5) is 22.1. The minimum absolute atomic E-state index is 0.165. The number of hydrogen-bond acceptors (Lipinski definition) is 5. The summed E-state index contributed by atoms with van der Waals surface area (Å²) in [6, 6.07) is 3.15. The van der Waals surface area contributed by atoms with Gasteiger partial charge in [-0.25, -0.2) is 8.78 Å². The van der Waals surface area contributed by atoms with E-state index in [1.54, 1.807) is 0 Å². The van der Waals surface area contributed by atoms with Gasteiger partial charge in [-0.05, 0) is 6.07 Å². The molecule has 0 aliphatic rings. The predicted octanol–water partition coefficient (Wildman–Crippen LogP) is 2.40. The summed E-state index contributed by atoms with van der Waals surface area (Å²) < 4.78 is 37.0. The Bertz CT molecular complexity index is 888. The molecule has 0 saturated carbocycles. The van der Waals surface area contributed by atoms with Crippen LogP contribution >= 0.6 is 0 Å². The van der Waals surface area contributed by atoms with E-state index in [0.29, 0.717) is 10.9 Å². The van der Waals surface area contributed by atoms with Crippen molar-refractivity contribution in [2.45, 2.75) is 0 Å². The van der Waals surface area contributed by atoms with Crippen LogP contribution in [0, 0.1) is 11.6 Å². The van der Waals surface area contributed by atoms with Gasteiger partial charge in [0.1, 0.15) is 5.75 Å². The van der Waals surface area contributed by atoms with Crippen LogP contribution in [0.2, 0.25) is 0 Å². The van der Waals surface area contributed by atoms with Gasteiger partial charge in [0.2, 0.25) is 0 Å². The lowest BCUT2D eigenvalue weighted by atomic mass is 10.3. The second kappa shape index (κ2) is 5.40. The molecule has 6 nitrogen and oxygen atoms in total. The summed E-state index contributed by atoms with van der Waals surface area (Å²) in [6.07, 6.45) is 2.83. The Morgan fingerprint density at radius 1 is 1.23 bits per heavy atom. The summed E-state index contributed by atoms with van der Waals surface area (Å²) in [5.41, 5.74) is -0.146. The third kappa shape index (κ3) is 2.46. The number of halogens is 2. The largest absolute Gasteiger partial charge is 0.491 e. The van der Waals surface area contributed by atoms with Crippen molar-refractivity contribution in [3.63, 3.8) is 0 Å². The van der Waals surface area contributed by atoms with Gasteiger partial charge in [0.15, 0.2) is 17.4 Å². The number of hydrogen-bond donors (Lipinski definition) is 1. The van der Waals surface area contributed by atoms with Crippen molar-refractivity contribution in [3.8, 4) is 17.5 Å². The molecular formula is C14H9F2N3O3. The normalized spacial score (nSPS) is 10.7. The van der Waals surface area contributed by atoms with E-state index in [9.17, 15) is 13.6 Å². The number of fused-ring (bicyclic) bond motifs is 1. The number of nitrogens with one attached hydrogen (secondary N) is 1. The number of nitrogens with zero attached hydrogens (tertiary/aromatic N) is 2. The minimum atomic E-state index is -0.928. The fourth-order valence-electron chi connectivity index (χ4n) is 1.92. The number of rotatable bonds is 3. The van der Waals surface area contributed by atoms with E-state index in [1.165, 1.54) is 18.5 Å². The SMILES string of the molecule is COc1c(F)cc(Oc2nc3cnccc3c(=O)[nH]2)cc1F. The summed E-state index contributed by atoms with van der Waals surface area (Å²) in [5.74, 6) is -2.54. The van der Waals surface area contributed by atoms with E-state index in [1.807, 2.05) is 0 Å². The van der Waals surface area contributed by atoms with Crippen molar-refractivity contribution in [3.05, 3.63) is 52.6 Å². The number of aromatic amines is 1. The van der Waals surface area contributed by atoms with E-state index in [0.717, 1.165) is 19.2 Å². The van der Waals surface area contributed by atoms with Crippen LogP contribution < -0.4 is 15.0 Å². The molecule has 0 saturated heterocycles. The lowest BCUT2D eigenvalue weighted by Gasteiger charge is -2.08. The first-order chi connectivity index (χ1) is 10.6. The quantitative estimate of drug-likeness (QED) is 0.804. The molecule has 0 aliphatic heterocycles. The van der Waals surface area contributed by atoms with Crippen LogP contribution in [0.5, 0.6) is 17.5 Å². The molecule has 1 N–H and O–H groups in total. The summed E-state index contributed by atoms with van der Waals surface area (Å²) in [5, 5.41) is 0.328. The molecule has 0 atom stereocenters. The van der Waals surface area contributed by atoms with Crippen LogP contribution in [-0.4, -0.2) is 22.1 Å². The van der Waals surface area contributed by atoms with E-state index < -0.39 is 22.9 Å². The average molecular weight is 305 g/mol. The molecule has 3 aromatic rings. The van der Waals surface area contributed by atoms with Crippen LogP contribution in [0.3, 0.4) is 0 Å². The molecule has 2 aromatic heterocycles.